The topological polar surface area (TPSA) is 15.3 Å². The molecule has 0 fully saturated rings. The van der Waals surface area contributed by atoms with Crippen molar-refractivity contribution >= 4 is 0 Å². The Morgan fingerprint density at radius 3 is 2.31 bits per heavy atom. The average molecular weight is 186 g/mol. The Balaban J connectivity index is 3.80. The zero-order valence-corrected chi connectivity index (χ0v) is 9.98. The van der Waals surface area contributed by atoms with E-state index < -0.39 is 0 Å². The molecule has 0 aromatic heterocycles. The summed E-state index contributed by atoms with van der Waals surface area (Å²) in [5.74, 6) is 0. The first kappa shape index (κ1) is 12.9. The maximum atomic E-state index is 3.40. The van der Waals surface area contributed by atoms with Crippen molar-refractivity contribution in [2.75, 3.05) is 26.7 Å². The molecule has 2 nitrogen and oxygen atoms in total. The smallest absolute Gasteiger partial charge is 0.0274 e. The first-order valence-electron chi connectivity index (χ1n) is 5.46. The minimum Gasteiger partial charge on any atom is -0.315 e. The van der Waals surface area contributed by atoms with Gasteiger partial charge in [-0.3, -0.25) is 4.90 Å². The van der Waals surface area contributed by atoms with Gasteiger partial charge in [0.2, 0.25) is 0 Å². The monoisotopic (exact) mass is 186 g/mol. The molecule has 0 aromatic carbocycles. The lowest BCUT2D eigenvalue weighted by atomic mass is 10.0. The molecule has 0 unspecified atom stereocenters. The summed E-state index contributed by atoms with van der Waals surface area (Å²) in [5, 5.41) is 3.40. The second-order valence-corrected chi connectivity index (χ2v) is 4.37. The molecule has 1 N–H and O–H groups in total. The van der Waals surface area contributed by atoms with Crippen LogP contribution in [-0.2, 0) is 0 Å². The fourth-order valence-corrected chi connectivity index (χ4v) is 1.26. The maximum absolute atomic E-state index is 3.40. The van der Waals surface area contributed by atoms with Crippen LogP contribution in [0.3, 0.4) is 0 Å². The minimum absolute atomic E-state index is 0.283. The van der Waals surface area contributed by atoms with Crippen LogP contribution in [0.2, 0.25) is 0 Å². The summed E-state index contributed by atoms with van der Waals surface area (Å²) in [6, 6.07) is 0. The molecule has 0 amide bonds. The Morgan fingerprint density at radius 1 is 1.23 bits per heavy atom. The van der Waals surface area contributed by atoms with Crippen LogP contribution in [-0.4, -0.2) is 37.1 Å². The highest BCUT2D eigenvalue weighted by molar-refractivity contribution is 4.81. The van der Waals surface area contributed by atoms with Gasteiger partial charge in [-0.25, -0.2) is 0 Å². The van der Waals surface area contributed by atoms with Crippen molar-refractivity contribution in [3.05, 3.63) is 0 Å². The number of hydrogen-bond donors (Lipinski definition) is 1. The molecule has 0 aliphatic rings. The van der Waals surface area contributed by atoms with Gasteiger partial charge in [-0.05, 0) is 40.4 Å². The molecule has 0 heterocycles. The molecule has 0 radical (unpaired) electrons. The number of nitrogens with zero attached hydrogens (tertiary/aromatic N) is 1. The average Bonchev–Trinajstić information content (AvgIpc) is 2.10. The van der Waals surface area contributed by atoms with Gasteiger partial charge in [0.15, 0.2) is 0 Å². The number of nitrogens with one attached hydrogen (secondary N) is 1. The fraction of sp³-hybridized carbons (Fsp3) is 1.00. The Hall–Kier alpha value is -0.0800. The van der Waals surface area contributed by atoms with Crippen molar-refractivity contribution in [3.63, 3.8) is 0 Å². The van der Waals surface area contributed by atoms with Crippen LogP contribution in [0.15, 0.2) is 0 Å². The van der Waals surface area contributed by atoms with E-state index in [1.165, 1.54) is 19.4 Å². The van der Waals surface area contributed by atoms with E-state index in [9.17, 15) is 0 Å². The normalized spacial score (nSPS) is 12.5. The molecular weight excluding hydrogens is 160 g/mol. The van der Waals surface area contributed by atoms with Gasteiger partial charge in [0.1, 0.15) is 0 Å². The highest BCUT2D eigenvalue weighted by Gasteiger charge is 2.21. The van der Waals surface area contributed by atoms with Crippen LogP contribution in [0.4, 0.5) is 0 Å². The lowest BCUT2D eigenvalue weighted by molar-refractivity contribution is 0.151. The van der Waals surface area contributed by atoms with Gasteiger partial charge < -0.3 is 5.32 Å². The molecule has 0 saturated carbocycles. The molecule has 0 aliphatic carbocycles. The van der Waals surface area contributed by atoms with Gasteiger partial charge >= 0.3 is 0 Å². The van der Waals surface area contributed by atoms with Crippen LogP contribution >= 0.6 is 0 Å². The Morgan fingerprint density at radius 2 is 1.85 bits per heavy atom. The van der Waals surface area contributed by atoms with Crippen molar-refractivity contribution in [3.8, 4) is 0 Å². The summed E-state index contributed by atoms with van der Waals surface area (Å²) in [7, 11) is 2.22. The molecule has 0 aromatic rings. The predicted octanol–water partition coefficient (Wildman–Crippen LogP) is 2.11. The van der Waals surface area contributed by atoms with Crippen LogP contribution in [0, 0.1) is 0 Å². The van der Waals surface area contributed by atoms with E-state index in [4.69, 9.17) is 0 Å². The van der Waals surface area contributed by atoms with Gasteiger partial charge in [0.25, 0.3) is 0 Å². The van der Waals surface area contributed by atoms with E-state index in [1.807, 2.05) is 0 Å². The maximum Gasteiger partial charge on any atom is 0.0274 e. The van der Waals surface area contributed by atoms with Crippen LogP contribution in [0.5, 0.6) is 0 Å². The van der Waals surface area contributed by atoms with Crippen molar-refractivity contribution in [1.29, 1.82) is 0 Å². The zero-order chi connectivity index (χ0) is 10.3. The lowest BCUT2D eigenvalue weighted by Crippen LogP contribution is -2.48. The number of likely N-dealkylation sites (N-methyl/N-ethyl adjacent to an activating group) is 2. The van der Waals surface area contributed by atoms with Crippen LogP contribution in [0.1, 0.15) is 40.5 Å². The quantitative estimate of drug-likeness (QED) is 0.655. The van der Waals surface area contributed by atoms with Crippen molar-refractivity contribution in [1.82, 2.24) is 10.2 Å². The van der Waals surface area contributed by atoms with E-state index in [0.29, 0.717) is 0 Å². The van der Waals surface area contributed by atoms with Crippen molar-refractivity contribution < 1.29 is 0 Å². The fourth-order valence-electron chi connectivity index (χ4n) is 1.26. The predicted molar refractivity (Wildman–Crippen MR) is 60.2 cm³/mol. The van der Waals surface area contributed by atoms with E-state index in [2.05, 4.69) is 45.0 Å². The molecule has 0 bridgehead atoms. The number of rotatable bonds is 7. The van der Waals surface area contributed by atoms with Crippen molar-refractivity contribution in [2.24, 2.45) is 0 Å². The van der Waals surface area contributed by atoms with Gasteiger partial charge in [-0.1, -0.05) is 20.3 Å². The third kappa shape index (κ3) is 5.27. The van der Waals surface area contributed by atoms with E-state index in [0.717, 1.165) is 13.1 Å². The summed E-state index contributed by atoms with van der Waals surface area (Å²) >= 11 is 0. The molecule has 80 valence electrons. The molecule has 13 heavy (non-hydrogen) atoms. The SMILES string of the molecule is CCCCN(C)C(C)(C)CNCC. The summed E-state index contributed by atoms with van der Waals surface area (Å²) in [4.78, 5) is 2.44. The van der Waals surface area contributed by atoms with Gasteiger partial charge in [-0.15, -0.1) is 0 Å². The molecule has 0 saturated heterocycles. The number of hydrogen-bond acceptors (Lipinski definition) is 2. The highest BCUT2D eigenvalue weighted by Crippen LogP contribution is 2.11. The first-order chi connectivity index (χ1) is 6.04. The first-order valence-corrected chi connectivity index (χ1v) is 5.46. The summed E-state index contributed by atoms with van der Waals surface area (Å²) in [5.41, 5.74) is 0.283. The third-order valence-corrected chi connectivity index (χ3v) is 2.69. The largest absolute Gasteiger partial charge is 0.315 e. The second kappa shape index (κ2) is 6.39. The van der Waals surface area contributed by atoms with Gasteiger partial charge in [0.05, 0.1) is 0 Å². The van der Waals surface area contributed by atoms with E-state index >= 15 is 0 Å². The zero-order valence-electron chi connectivity index (χ0n) is 9.98. The van der Waals surface area contributed by atoms with Crippen LogP contribution < -0.4 is 5.32 Å². The van der Waals surface area contributed by atoms with Crippen molar-refractivity contribution in [2.45, 2.75) is 46.1 Å². The Bertz CT molecular complexity index is 121. The number of unbranched alkanes of at least 4 members (excludes halogenated alkanes) is 1. The molecule has 0 aliphatic heterocycles. The summed E-state index contributed by atoms with van der Waals surface area (Å²) in [6.07, 6.45) is 2.58. The second-order valence-electron chi connectivity index (χ2n) is 4.37. The highest BCUT2D eigenvalue weighted by atomic mass is 15.2. The van der Waals surface area contributed by atoms with Gasteiger partial charge in [-0.2, -0.15) is 0 Å². The third-order valence-electron chi connectivity index (χ3n) is 2.69. The standard InChI is InChI=1S/C11H26N2/c1-6-8-9-13(5)11(3,4)10-12-7-2/h12H,6-10H2,1-5H3. The van der Waals surface area contributed by atoms with Gasteiger partial charge in [0, 0.05) is 12.1 Å². The molecule has 2 heteroatoms. The summed E-state index contributed by atoms with van der Waals surface area (Å²) in [6.45, 7) is 12.3. The molecule has 0 atom stereocenters. The van der Waals surface area contributed by atoms with E-state index in [1.54, 1.807) is 0 Å². The lowest BCUT2D eigenvalue weighted by Gasteiger charge is -2.35. The molecule has 0 spiro atoms. The summed E-state index contributed by atoms with van der Waals surface area (Å²) < 4.78 is 0. The Kier molecular flexibility index (Phi) is 6.35. The van der Waals surface area contributed by atoms with Crippen LogP contribution in [0.25, 0.3) is 0 Å². The minimum atomic E-state index is 0.283. The molecular formula is C11H26N2. The van der Waals surface area contributed by atoms with E-state index in [-0.39, 0.29) is 5.54 Å². The molecule has 0 rings (SSSR count). The Labute approximate surface area is 83.7 Å².